The maximum absolute atomic E-state index is 12.1. The van der Waals surface area contributed by atoms with Crippen molar-refractivity contribution in [3.63, 3.8) is 0 Å². The molecule has 0 spiro atoms. The molecule has 0 aliphatic carbocycles. The normalized spacial score (nSPS) is 11.7. The molecule has 0 fully saturated rings. The standard InChI is InChI=1S/C22H24ClN3O2S/c1-12(2)13-7-9-18-17(10-13)24-19(28-18)14-6-8-15(23)16(11-14)25-21(29)26-20(27)22(3,4)5/h6-12H,1-5H3,(H2,25,26,27,29). The summed E-state index contributed by atoms with van der Waals surface area (Å²) in [5.41, 5.74) is 3.50. The first-order valence-electron chi connectivity index (χ1n) is 9.37. The summed E-state index contributed by atoms with van der Waals surface area (Å²) in [5.74, 6) is 0.725. The van der Waals surface area contributed by atoms with Gasteiger partial charge in [0, 0.05) is 11.0 Å². The molecule has 0 bridgehead atoms. The largest absolute Gasteiger partial charge is 0.436 e. The zero-order valence-corrected chi connectivity index (χ0v) is 18.7. The first-order chi connectivity index (χ1) is 13.5. The number of fused-ring (bicyclic) bond motifs is 1. The maximum Gasteiger partial charge on any atom is 0.231 e. The van der Waals surface area contributed by atoms with Crippen molar-refractivity contribution in [1.29, 1.82) is 0 Å². The number of rotatable bonds is 3. The van der Waals surface area contributed by atoms with Gasteiger partial charge in [-0.05, 0) is 54.0 Å². The van der Waals surface area contributed by atoms with E-state index in [9.17, 15) is 4.79 Å². The summed E-state index contributed by atoms with van der Waals surface area (Å²) in [6.45, 7) is 9.73. The number of aromatic nitrogens is 1. The van der Waals surface area contributed by atoms with E-state index < -0.39 is 5.41 Å². The smallest absolute Gasteiger partial charge is 0.231 e. The van der Waals surface area contributed by atoms with Crippen LogP contribution in [0.3, 0.4) is 0 Å². The van der Waals surface area contributed by atoms with Gasteiger partial charge in [-0.15, -0.1) is 0 Å². The van der Waals surface area contributed by atoms with E-state index in [0.717, 1.165) is 16.7 Å². The summed E-state index contributed by atoms with van der Waals surface area (Å²) in [7, 11) is 0. The summed E-state index contributed by atoms with van der Waals surface area (Å²) < 4.78 is 5.91. The topological polar surface area (TPSA) is 67.2 Å². The van der Waals surface area contributed by atoms with E-state index in [1.165, 1.54) is 5.56 Å². The Morgan fingerprint density at radius 1 is 1.17 bits per heavy atom. The lowest BCUT2D eigenvalue weighted by Gasteiger charge is -2.19. The fourth-order valence-electron chi connectivity index (χ4n) is 2.63. The van der Waals surface area contributed by atoms with E-state index in [0.29, 0.717) is 22.5 Å². The Morgan fingerprint density at radius 3 is 2.55 bits per heavy atom. The fourth-order valence-corrected chi connectivity index (χ4v) is 2.99. The summed E-state index contributed by atoms with van der Waals surface area (Å²) in [6, 6.07) is 11.4. The molecule has 2 aromatic carbocycles. The predicted molar refractivity (Wildman–Crippen MR) is 122 cm³/mol. The number of benzene rings is 2. The number of hydrogen-bond acceptors (Lipinski definition) is 4. The molecule has 0 atom stereocenters. The summed E-state index contributed by atoms with van der Waals surface area (Å²) in [4.78, 5) is 16.7. The number of nitrogens with one attached hydrogen (secondary N) is 2. The molecule has 0 unspecified atom stereocenters. The number of nitrogens with zero attached hydrogens (tertiary/aromatic N) is 1. The van der Waals surface area contributed by atoms with Gasteiger partial charge in [-0.3, -0.25) is 4.79 Å². The Morgan fingerprint density at radius 2 is 1.90 bits per heavy atom. The summed E-state index contributed by atoms with van der Waals surface area (Å²) in [6.07, 6.45) is 0. The van der Waals surface area contributed by atoms with Crippen LogP contribution in [0, 0.1) is 5.41 Å². The molecule has 0 saturated heterocycles. The molecule has 1 aromatic heterocycles. The van der Waals surface area contributed by atoms with Crippen molar-refractivity contribution in [2.75, 3.05) is 5.32 Å². The summed E-state index contributed by atoms with van der Waals surface area (Å²) >= 11 is 11.6. The molecule has 1 heterocycles. The molecule has 152 valence electrons. The minimum Gasteiger partial charge on any atom is -0.436 e. The Hall–Kier alpha value is -2.44. The third-order valence-electron chi connectivity index (χ3n) is 4.45. The third-order valence-corrected chi connectivity index (χ3v) is 4.98. The number of carbonyl (C=O) groups is 1. The van der Waals surface area contributed by atoms with Gasteiger partial charge in [0.1, 0.15) is 5.52 Å². The van der Waals surface area contributed by atoms with Gasteiger partial charge in [0.15, 0.2) is 10.7 Å². The highest BCUT2D eigenvalue weighted by atomic mass is 35.5. The zero-order valence-electron chi connectivity index (χ0n) is 17.1. The van der Waals surface area contributed by atoms with Crippen LogP contribution in [0.2, 0.25) is 5.02 Å². The maximum atomic E-state index is 12.1. The van der Waals surface area contributed by atoms with Gasteiger partial charge >= 0.3 is 0 Å². The number of carbonyl (C=O) groups excluding carboxylic acids is 1. The Bertz CT molecular complexity index is 1080. The van der Waals surface area contributed by atoms with E-state index in [-0.39, 0.29) is 11.0 Å². The third kappa shape index (κ3) is 4.95. The molecule has 1 amide bonds. The zero-order chi connectivity index (χ0) is 21.3. The number of amides is 1. The Kier molecular flexibility index (Phi) is 5.96. The van der Waals surface area contributed by atoms with Crippen molar-refractivity contribution in [3.05, 3.63) is 47.0 Å². The number of oxazole rings is 1. The van der Waals surface area contributed by atoms with Crippen molar-refractivity contribution in [3.8, 4) is 11.5 Å². The minimum atomic E-state index is -0.551. The van der Waals surface area contributed by atoms with E-state index in [1.807, 2.05) is 45.0 Å². The molecule has 0 aliphatic heterocycles. The second-order valence-corrected chi connectivity index (χ2v) is 9.07. The highest BCUT2D eigenvalue weighted by molar-refractivity contribution is 7.80. The summed E-state index contributed by atoms with van der Waals surface area (Å²) in [5, 5.41) is 6.31. The van der Waals surface area contributed by atoms with E-state index in [4.69, 9.17) is 28.2 Å². The first kappa shape index (κ1) is 21.3. The average molecular weight is 430 g/mol. The lowest BCUT2D eigenvalue weighted by atomic mass is 9.96. The van der Waals surface area contributed by atoms with Gasteiger partial charge in [0.25, 0.3) is 0 Å². The van der Waals surface area contributed by atoms with Gasteiger partial charge in [0.2, 0.25) is 11.8 Å². The Labute approximate surface area is 180 Å². The number of anilines is 1. The van der Waals surface area contributed by atoms with Crippen LogP contribution in [-0.4, -0.2) is 16.0 Å². The number of thiocarbonyl (C=S) groups is 1. The second-order valence-electron chi connectivity index (χ2n) is 8.25. The molecular weight excluding hydrogens is 406 g/mol. The first-order valence-corrected chi connectivity index (χ1v) is 10.2. The van der Waals surface area contributed by atoms with Crippen molar-refractivity contribution in [2.24, 2.45) is 5.41 Å². The van der Waals surface area contributed by atoms with Crippen LogP contribution in [0.1, 0.15) is 46.1 Å². The van der Waals surface area contributed by atoms with Gasteiger partial charge in [-0.1, -0.05) is 52.3 Å². The van der Waals surface area contributed by atoms with E-state index >= 15 is 0 Å². The molecular formula is C22H24ClN3O2S. The highest BCUT2D eigenvalue weighted by Crippen LogP contribution is 2.31. The van der Waals surface area contributed by atoms with Crippen LogP contribution in [-0.2, 0) is 4.79 Å². The van der Waals surface area contributed by atoms with Crippen molar-refractivity contribution >= 4 is 51.6 Å². The van der Waals surface area contributed by atoms with Crippen LogP contribution in [0.15, 0.2) is 40.8 Å². The number of halogens is 1. The van der Waals surface area contributed by atoms with Crippen LogP contribution < -0.4 is 10.6 Å². The lowest BCUT2D eigenvalue weighted by Crippen LogP contribution is -2.41. The van der Waals surface area contributed by atoms with Gasteiger partial charge in [-0.25, -0.2) is 4.98 Å². The molecule has 0 saturated carbocycles. The minimum absolute atomic E-state index is 0.179. The molecule has 0 radical (unpaired) electrons. The molecule has 3 aromatic rings. The monoisotopic (exact) mass is 429 g/mol. The van der Waals surface area contributed by atoms with Crippen LogP contribution in [0.5, 0.6) is 0 Å². The van der Waals surface area contributed by atoms with E-state index in [1.54, 1.807) is 12.1 Å². The van der Waals surface area contributed by atoms with Crippen molar-refractivity contribution in [1.82, 2.24) is 10.3 Å². The number of hydrogen-bond donors (Lipinski definition) is 2. The molecule has 2 N–H and O–H groups in total. The lowest BCUT2D eigenvalue weighted by molar-refractivity contribution is -0.126. The highest BCUT2D eigenvalue weighted by Gasteiger charge is 2.22. The quantitative estimate of drug-likeness (QED) is 0.490. The van der Waals surface area contributed by atoms with Crippen molar-refractivity contribution in [2.45, 2.75) is 40.5 Å². The van der Waals surface area contributed by atoms with Gasteiger partial charge in [-0.2, -0.15) is 0 Å². The Balaban J connectivity index is 1.86. The van der Waals surface area contributed by atoms with Crippen molar-refractivity contribution < 1.29 is 9.21 Å². The van der Waals surface area contributed by atoms with Gasteiger partial charge in [0.05, 0.1) is 10.7 Å². The SMILES string of the molecule is CC(C)c1ccc2oc(-c3ccc(Cl)c(NC(=S)NC(=O)C(C)(C)C)c3)nc2c1. The van der Waals surface area contributed by atoms with Crippen LogP contribution in [0.25, 0.3) is 22.6 Å². The molecule has 7 heteroatoms. The second kappa shape index (κ2) is 8.13. The van der Waals surface area contributed by atoms with E-state index in [2.05, 4.69) is 29.5 Å². The molecule has 29 heavy (non-hydrogen) atoms. The average Bonchev–Trinajstić information content (AvgIpc) is 3.05. The van der Waals surface area contributed by atoms with Crippen LogP contribution >= 0.6 is 23.8 Å². The molecule has 0 aliphatic rings. The molecule has 5 nitrogen and oxygen atoms in total. The fraction of sp³-hybridized carbons (Fsp3) is 0.318. The van der Waals surface area contributed by atoms with Crippen LogP contribution in [0.4, 0.5) is 5.69 Å². The molecule has 3 rings (SSSR count). The predicted octanol–water partition coefficient (Wildman–Crippen LogP) is 6.13. The van der Waals surface area contributed by atoms with Gasteiger partial charge < -0.3 is 15.1 Å².